The van der Waals surface area contributed by atoms with Crippen LogP contribution in [0.4, 0.5) is 5.69 Å². The molecule has 3 rings (SSSR count). The van der Waals surface area contributed by atoms with Crippen molar-refractivity contribution in [3.63, 3.8) is 0 Å². The van der Waals surface area contributed by atoms with Gasteiger partial charge in [0.2, 0.25) is 0 Å². The van der Waals surface area contributed by atoms with Gasteiger partial charge in [-0.1, -0.05) is 0 Å². The third-order valence-electron chi connectivity index (χ3n) is 3.89. The summed E-state index contributed by atoms with van der Waals surface area (Å²) in [5.74, 6) is 2.22. The summed E-state index contributed by atoms with van der Waals surface area (Å²) < 4.78 is 11.4. The third kappa shape index (κ3) is 4.02. The average molecular weight is 352 g/mol. The maximum absolute atomic E-state index is 5.75. The number of ether oxygens (including phenoxy) is 2. The molecule has 0 amide bonds. The largest absolute Gasteiger partial charge is 0.490 e. The van der Waals surface area contributed by atoms with Crippen LogP contribution in [-0.2, 0) is 6.54 Å². The van der Waals surface area contributed by atoms with Crippen molar-refractivity contribution in [1.82, 2.24) is 15.0 Å². The highest BCUT2D eigenvalue weighted by molar-refractivity contribution is 5.93. The Morgan fingerprint density at radius 1 is 0.962 bits per heavy atom. The number of aromatic nitrogens is 3. The van der Waals surface area contributed by atoms with E-state index < -0.39 is 0 Å². The summed E-state index contributed by atoms with van der Waals surface area (Å²) in [5.41, 5.74) is 3.76. The second-order valence-corrected chi connectivity index (χ2v) is 5.94. The van der Waals surface area contributed by atoms with E-state index in [0.717, 1.165) is 39.6 Å². The number of hydrogen-bond acceptors (Lipinski definition) is 6. The third-order valence-corrected chi connectivity index (χ3v) is 3.89. The molecule has 6 nitrogen and oxygen atoms in total. The minimum Gasteiger partial charge on any atom is -0.490 e. The molecular formula is C20H24N4O2. The van der Waals surface area contributed by atoms with Gasteiger partial charge in [0.05, 0.1) is 31.0 Å². The summed E-state index contributed by atoms with van der Waals surface area (Å²) in [6.07, 6.45) is 1.79. The van der Waals surface area contributed by atoms with Crippen molar-refractivity contribution < 1.29 is 9.47 Å². The lowest BCUT2D eigenvalue weighted by Crippen LogP contribution is -2.05. The number of pyridine rings is 1. The SMILES string of the molecule is CCOc1cc2nccc(NCc3cc(C)nc(C)n3)c2cc1OCC. The molecule has 26 heavy (non-hydrogen) atoms. The molecule has 0 atom stereocenters. The first-order chi connectivity index (χ1) is 12.6. The van der Waals surface area contributed by atoms with E-state index in [4.69, 9.17) is 9.47 Å². The molecule has 0 spiro atoms. The summed E-state index contributed by atoms with van der Waals surface area (Å²) in [7, 11) is 0. The van der Waals surface area contributed by atoms with E-state index in [9.17, 15) is 0 Å². The van der Waals surface area contributed by atoms with Crippen molar-refractivity contribution in [2.24, 2.45) is 0 Å². The first-order valence-corrected chi connectivity index (χ1v) is 8.84. The second-order valence-electron chi connectivity index (χ2n) is 5.94. The zero-order valence-electron chi connectivity index (χ0n) is 15.7. The zero-order valence-corrected chi connectivity index (χ0v) is 15.7. The lowest BCUT2D eigenvalue weighted by atomic mass is 10.1. The fraction of sp³-hybridized carbons (Fsp3) is 0.350. The monoisotopic (exact) mass is 352 g/mol. The van der Waals surface area contributed by atoms with E-state index in [0.29, 0.717) is 25.5 Å². The van der Waals surface area contributed by atoms with E-state index in [2.05, 4.69) is 20.3 Å². The van der Waals surface area contributed by atoms with Crippen LogP contribution in [0, 0.1) is 13.8 Å². The minimum absolute atomic E-state index is 0.577. The average Bonchev–Trinajstić information content (AvgIpc) is 2.60. The molecule has 0 aliphatic heterocycles. The smallest absolute Gasteiger partial charge is 0.163 e. The quantitative estimate of drug-likeness (QED) is 0.692. The summed E-state index contributed by atoms with van der Waals surface area (Å²) >= 11 is 0. The Morgan fingerprint density at radius 3 is 2.38 bits per heavy atom. The van der Waals surface area contributed by atoms with Crippen LogP contribution in [0.5, 0.6) is 11.5 Å². The molecule has 136 valence electrons. The molecule has 0 saturated heterocycles. The summed E-state index contributed by atoms with van der Waals surface area (Å²) in [6, 6.07) is 7.85. The molecule has 0 bridgehead atoms. The Morgan fingerprint density at radius 2 is 1.69 bits per heavy atom. The van der Waals surface area contributed by atoms with Crippen molar-refractivity contribution in [2.45, 2.75) is 34.2 Å². The summed E-state index contributed by atoms with van der Waals surface area (Å²) in [6.45, 7) is 9.56. The molecule has 1 aromatic carbocycles. The molecule has 0 fully saturated rings. The first-order valence-electron chi connectivity index (χ1n) is 8.84. The van der Waals surface area contributed by atoms with Gasteiger partial charge in [0, 0.05) is 29.0 Å². The predicted molar refractivity (Wildman–Crippen MR) is 103 cm³/mol. The lowest BCUT2D eigenvalue weighted by molar-refractivity contribution is 0.288. The molecule has 0 aliphatic rings. The standard InChI is InChI=1S/C20H24N4O2/c1-5-25-19-10-16-17(7-8-21-18(16)11-20(19)26-6-2)22-12-15-9-13(3)23-14(4)24-15/h7-11H,5-6,12H2,1-4H3,(H,21,22). The molecule has 0 saturated carbocycles. The molecular weight excluding hydrogens is 328 g/mol. The van der Waals surface area contributed by atoms with Gasteiger partial charge in [0.15, 0.2) is 11.5 Å². The van der Waals surface area contributed by atoms with Crippen LogP contribution in [0.1, 0.15) is 31.1 Å². The molecule has 0 radical (unpaired) electrons. The van der Waals surface area contributed by atoms with Crippen molar-refractivity contribution >= 4 is 16.6 Å². The van der Waals surface area contributed by atoms with Gasteiger partial charge in [-0.05, 0) is 45.9 Å². The topological polar surface area (TPSA) is 69.2 Å². The highest BCUT2D eigenvalue weighted by Crippen LogP contribution is 2.35. The highest BCUT2D eigenvalue weighted by atomic mass is 16.5. The molecule has 0 unspecified atom stereocenters. The fourth-order valence-electron chi connectivity index (χ4n) is 2.91. The Balaban J connectivity index is 1.93. The number of anilines is 1. The van der Waals surface area contributed by atoms with Crippen LogP contribution in [0.15, 0.2) is 30.5 Å². The van der Waals surface area contributed by atoms with E-state index in [1.165, 1.54) is 0 Å². The van der Waals surface area contributed by atoms with Crippen LogP contribution in [0.2, 0.25) is 0 Å². The Kier molecular flexibility index (Phi) is 5.51. The summed E-state index contributed by atoms with van der Waals surface area (Å²) in [4.78, 5) is 13.3. The second kappa shape index (κ2) is 7.99. The molecule has 3 aromatic rings. The maximum Gasteiger partial charge on any atom is 0.163 e. The van der Waals surface area contributed by atoms with Crippen molar-refractivity contribution in [3.05, 3.63) is 47.7 Å². The highest BCUT2D eigenvalue weighted by Gasteiger charge is 2.11. The van der Waals surface area contributed by atoms with E-state index in [-0.39, 0.29) is 0 Å². The Labute approximate surface area is 153 Å². The number of aryl methyl sites for hydroxylation is 2. The van der Waals surface area contributed by atoms with Crippen LogP contribution >= 0.6 is 0 Å². The predicted octanol–water partition coefficient (Wildman–Crippen LogP) is 4.05. The Hall–Kier alpha value is -2.89. The van der Waals surface area contributed by atoms with Gasteiger partial charge in [-0.2, -0.15) is 0 Å². The van der Waals surface area contributed by atoms with Gasteiger partial charge >= 0.3 is 0 Å². The van der Waals surface area contributed by atoms with E-state index in [1.54, 1.807) is 6.20 Å². The Bertz CT molecular complexity index is 891. The van der Waals surface area contributed by atoms with Gasteiger partial charge in [-0.3, -0.25) is 4.98 Å². The van der Waals surface area contributed by atoms with Crippen LogP contribution in [-0.4, -0.2) is 28.2 Å². The summed E-state index contributed by atoms with van der Waals surface area (Å²) in [5, 5.41) is 4.44. The normalized spacial score (nSPS) is 10.8. The van der Waals surface area contributed by atoms with Gasteiger partial charge in [0.25, 0.3) is 0 Å². The van der Waals surface area contributed by atoms with Crippen molar-refractivity contribution in [1.29, 1.82) is 0 Å². The van der Waals surface area contributed by atoms with Gasteiger partial charge in [-0.15, -0.1) is 0 Å². The van der Waals surface area contributed by atoms with E-state index >= 15 is 0 Å². The van der Waals surface area contributed by atoms with E-state index in [1.807, 2.05) is 52.0 Å². The number of hydrogen-bond donors (Lipinski definition) is 1. The molecule has 6 heteroatoms. The van der Waals surface area contributed by atoms with Crippen LogP contribution < -0.4 is 14.8 Å². The lowest BCUT2D eigenvalue weighted by Gasteiger charge is -2.14. The van der Waals surface area contributed by atoms with Gasteiger partial charge in [-0.25, -0.2) is 9.97 Å². The van der Waals surface area contributed by atoms with Crippen LogP contribution in [0.3, 0.4) is 0 Å². The zero-order chi connectivity index (χ0) is 18.5. The number of nitrogens with one attached hydrogen (secondary N) is 1. The molecule has 1 N–H and O–H groups in total. The molecule has 2 heterocycles. The first kappa shape index (κ1) is 17.9. The molecule has 0 aliphatic carbocycles. The number of fused-ring (bicyclic) bond motifs is 1. The van der Waals surface area contributed by atoms with Gasteiger partial charge < -0.3 is 14.8 Å². The number of benzene rings is 1. The fourth-order valence-corrected chi connectivity index (χ4v) is 2.91. The van der Waals surface area contributed by atoms with Crippen molar-refractivity contribution in [2.75, 3.05) is 18.5 Å². The van der Waals surface area contributed by atoms with Crippen molar-refractivity contribution in [3.8, 4) is 11.5 Å². The molecule has 2 aromatic heterocycles. The minimum atomic E-state index is 0.577. The number of nitrogens with zero attached hydrogens (tertiary/aromatic N) is 3. The van der Waals surface area contributed by atoms with Crippen LogP contribution in [0.25, 0.3) is 10.9 Å². The number of rotatable bonds is 7. The van der Waals surface area contributed by atoms with Gasteiger partial charge in [0.1, 0.15) is 5.82 Å². The maximum atomic E-state index is 5.75.